The average molecular weight is 540 g/mol. The molecule has 0 unspecified atom stereocenters. The van der Waals surface area contributed by atoms with Gasteiger partial charge in [-0.2, -0.15) is 0 Å². The van der Waals surface area contributed by atoms with Crippen molar-refractivity contribution in [3.63, 3.8) is 0 Å². The van der Waals surface area contributed by atoms with Gasteiger partial charge in [0.15, 0.2) is 5.11 Å². The zero-order valence-corrected chi connectivity index (χ0v) is 16.2. The third-order valence-corrected chi connectivity index (χ3v) is 4.43. The van der Waals surface area contributed by atoms with Gasteiger partial charge in [0.1, 0.15) is 17.9 Å². The fourth-order valence-electron chi connectivity index (χ4n) is 1.72. The van der Waals surface area contributed by atoms with Crippen LogP contribution in [0, 0.1) is 7.14 Å². The predicted molar refractivity (Wildman–Crippen MR) is 104 cm³/mol. The maximum absolute atomic E-state index is 11.8. The molecule has 0 saturated carbocycles. The van der Waals surface area contributed by atoms with Crippen LogP contribution in [0.2, 0.25) is 0 Å². The molecule has 114 valence electrons. The summed E-state index contributed by atoms with van der Waals surface area (Å²) in [6.45, 7) is 4.03. The van der Waals surface area contributed by atoms with Gasteiger partial charge < -0.3 is 4.74 Å². The minimum absolute atomic E-state index is 0.0139. The fourth-order valence-corrected chi connectivity index (χ4v) is 4.03. The highest BCUT2D eigenvalue weighted by atomic mass is 127. The van der Waals surface area contributed by atoms with Crippen LogP contribution in [-0.4, -0.2) is 23.5 Å². The van der Waals surface area contributed by atoms with E-state index in [4.69, 9.17) is 17.0 Å². The molecule has 5 nitrogen and oxygen atoms in total. The summed E-state index contributed by atoms with van der Waals surface area (Å²) in [7, 11) is 0. The number of amides is 2. The first-order valence-corrected chi connectivity index (χ1v) is 8.60. The van der Waals surface area contributed by atoms with Crippen molar-refractivity contribution in [1.29, 1.82) is 0 Å². The van der Waals surface area contributed by atoms with Gasteiger partial charge in [0, 0.05) is 0 Å². The Labute approximate surface area is 159 Å². The summed E-state index contributed by atoms with van der Waals surface area (Å²) < 4.78 is 7.35. The quantitative estimate of drug-likeness (QED) is 0.203. The minimum atomic E-state index is -0.509. The minimum Gasteiger partial charge on any atom is -0.487 e. The Morgan fingerprint density at radius 2 is 1.73 bits per heavy atom. The number of hydrogen-bond acceptors (Lipinski definition) is 4. The van der Waals surface area contributed by atoms with Crippen LogP contribution in [0.25, 0.3) is 6.08 Å². The molecule has 2 amide bonds. The number of rotatable bonds is 4. The lowest BCUT2D eigenvalue weighted by atomic mass is 10.1. The van der Waals surface area contributed by atoms with Crippen molar-refractivity contribution in [2.24, 2.45) is 0 Å². The van der Waals surface area contributed by atoms with E-state index >= 15 is 0 Å². The van der Waals surface area contributed by atoms with Crippen molar-refractivity contribution < 1.29 is 14.3 Å². The van der Waals surface area contributed by atoms with Gasteiger partial charge in [0.05, 0.1) is 7.14 Å². The van der Waals surface area contributed by atoms with Crippen molar-refractivity contribution >= 4 is 80.4 Å². The molecular weight excluding hydrogens is 530 g/mol. The highest BCUT2D eigenvalue weighted by molar-refractivity contribution is 14.1. The lowest BCUT2D eigenvalue weighted by molar-refractivity contribution is -0.123. The molecule has 1 aromatic carbocycles. The SMILES string of the molecule is C=CCOc1c(I)cc(C=C2C(=O)NC(=S)NC2=O)cc1I. The van der Waals surface area contributed by atoms with E-state index in [0.717, 1.165) is 18.5 Å². The smallest absolute Gasteiger partial charge is 0.263 e. The molecule has 22 heavy (non-hydrogen) atoms. The largest absolute Gasteiger partial charge is 0.487 e. The molecule has 2 rings (SSSR count). The number of ether oxygens (including phenoxy) is 1. The standard InChI is InChI=1S/C14H10I2N2O3S/c1-2-3-21-11-9(15)5-7(6-10(11)16)4-8-12(19)17-14(22)18-13(8)20/h2,4-6H,1,3H2,(H2,17,18,19,20,22). The van der Waals surface area contributed by atoms with Gasteiger partial charge in [0.2, 0.25) is 0 Å². The van der Waals surface area contributed by atoms with Crippen molar-refractivity contribution in [1.82, 2.24) is 10.6 Å². The number of halogens is 2. The molecule has 1 aliphatic heterocycles. The molecule has 1 heterocycles. The van der Waals surface area contributed by atoms with Crippen LogP contribution < -0.4 is 15.4 Å². The Morgan fingerprint density at radius 3 is 2.23 bits per heavy atom. The zero-order valence-electron chi connectivity index (χ0n) is 11.1. The van der Waals surface area contributed by atoms with Crippen LogP contribution in [0.15, 0.2) is 30.4 Å². The van der Waals surface area contributed by atoms with E-state index in [-0.39, 0.29) is 10.7 Å². The number of carbonyl (C=O) groups is 2. The Kier molecular flexibility index (Phi) is 5.92. The second-order valence-electron chi connectivity index (χ2n) is 4.21. The van der Waals surface area contributed by atoms with Gasteiger partial charge in [0.25, 0.3) is 11.8 Å². The fraction of sp³-hybridized carbons (Fsp3) is 0.0714. The van der Waals surface area contributed by atoms with Crippen LogP contribution in [0.1, 0.15) is 5.56 Å². The van der Waals surface area contributed by atoms with Crippen LogP contribution in [0.3, 0.4) is 0 Å². The maximum Gasteiger partial charge on any atom is 0.263 e. The lowest BCUT2D eigenvalue weighted by Gasteiger charge is -2.16. The van der Waals surface area contributed by atoms with Gasteiger partial charge in [-0.3, -0.25) is 20.2 Å². The molecular formula is C14H10I2N2O3S. The Morgan fingerprint density at radius 1 is 1.18 bits per heavy atom. The molecule has 0 aliphatic carbocycles. The molecule has 2 N–H and O–H groups in total. The molecule has 0 aromatic heterocycles. The summed E-state index contributed by atoms with van der Waals surface area (Å²) in [5.41, 5.74) is 0.743. The van der Waals surface area contributed by atoms with Crippen LogP contribution in [0.4, 0.5) is 0 Å². The third kappa shape index (κ3) is 4.04. The molecule has 1 saturated heterocycles. The van der Waals surface area contributed by atoms with Crippen LogP contribution in [-0.2, 0) is 9.59 Å². The lowest BCUT2D eigenvalue weighted by Crippen LogP contribution is -2.51. The van der Waals surface area contributed by atoms with Crippen molar-refractivity contribution in [3.05, 3.63) is 43.1 Å². The second kappa shape index (κ2) is 7.51. The monoisotopic (exact) mass is 540 g/mol. The molecule has 0 spiro atoms. The topological polar surface area (TPSA) is 67.4 Å². The summed E-state index contributed by atoms with van der Waals surface area (Å²) in [5, 5.41) is 4.82. The van der Waals surface area contributed by atoms with E-state index in [1.807, 2.05) is 12.1 Å². The summed E-state index contributed by atoms with van der Waals surface area (Å²) >= 11 is 9.05. The van der Waals surface area contributed by atoms with E-state index in [1.165, 1.54) is 6.08 Å². The van der Waals surface area contributed by atoms with Crippen LogP contribution >= 0.6 is 57.4 Å². The van der Waals surface area contributed by atoms with E-state index < -0.39 is 11.8 Å². The van der Waals surface area contributed by atoms with Gasteiger partial charge in [-0.05, 0) is 81.2 Å². The summed E-state index contributed by atoms with van der Waals surface area (Å²) in [6, 6.07) is 3.67. The highest BCUT2D eigenvalue weighted by Gasteiger charge is 2.25. The number of hydrogen-bond donors (Lipinski definition) is 2. The average Bonchev–Trinajstić information content (AvgIpc) is 2.42. The molecule has 1 aromatic rings. The first kappa shape index (κ1) is 17.3. The van der Waals surface area contributed by atoms with E-state index in [9.17, 15) is 9.59 Å². The van der Waals surface area contributed by atoms with Gasteiger partial charge in [-0.25, -0.2) is 0 Å². The van der Waals surface area contributed by atoms with Gasteiger partial charge in [-0.1, -0.05) is 12.7 Å². The number of nitrogens with one attached hydrogen (secondary N) is 2. The van der Waals surface area contributed by atoms with E-state index in [1.54, 1.807) is 6.08 Å². The summed E-state index contributed by atoms with van der Waals surface area (Å²) in [5.74, 6) is -0.265. The predicted octanol–water partition coefficient (Wildman–Crippen LogP) is 2.37. The first-order chi connectivity index (χ1) is 10.4. The molecule has 0 radical (unpaired) electrons. The summed E-state index contributed by atoms with van der Waals surface area (Å²) in [6.07, 6.45) is 3.19. The Bertz CT molecular complexity index is 671. The first-order valence-electron chi connectivity index (χ1n) is 6.03. The van der Waals surface area contributed by atoms with Crippen molar-refractivity contribution in [3.8, 4) is 5.75 Å². The van der Waals surface area contributed by atoms with Crippen LogP contribution in [0.5, 0.6) is 5.75 Å². The number of thiocarbonyl (C=S) groups is 1. The Balaban J connectivity index is 2.35. The Hall–Kier alpha value is -1.01. The van der Waals surface area contributed by atoms with E-state index in [2.05, 4.69) is 62.4 Å². The molecule has 1 fully saturated rings. The molecule has 0 atom stereocenters. The van der Waals surface area contributed by atoms with Crippen molar-refractivity contribution in [2.45, 2.75) is 0 Å². The zero-order chi connectivity index (χ0) is 16.3. The molecule has 1 aliphatic rings. The van der Waals surface area contributed by atoms with Gasteiger partial charge in [-0.15, -0.1) is 0 Å². The normalized spacial score (nSPS) is 14.3. The molecule has 0 bridgehead atoms. The third-order valence-electron chi connectivity index (χ3n) is 2.62. The summed E-state index contributed by atoms with van der Waals surface area (Å²) in [4.78, 5) is 23.7. The number of carbonyl (C=O) groups excluding carboxylic acids is 2. The second-order valence-corrected chi connectivity index (χ2v) is 6.94. The maximum atomic E-state index is 11.8. The number of benzene rings is 1. The van der Waals surface area contributed by atoms with Gasteiger partial charge >= 0.3 is 0 Å². The highest BCUT2D eigenvalue weighted by Crippen LogP contribution is 2.30. The van der Waals surface area contributed by atoms with E-state index in [0.29, 0.717) is 6.61 Å². The van der Waals surface area contributed by atoms with Crippen molar-refractivity contribution in [2.75, 3.05) is 6.61 Å². The molecule has 8 heteroatoms.